The molecule has 0 radical (unpaired) electrons. The molecule has 0 saturated carbocycles. The van der Waals surface area contributed by atoms with Crippen LogP contribution >= 0.6 is 0 Å². The summed E-state index contributed by atoms with van der Waals surface area (Å²) in [5, 5.41) is 0. The summed E-state index contributed by atoms with van der Waals surface area (Å²) in [6.45, 7) is 10.7. The summed E-state index contributed by atoms with van der Waals surface area (Å²) in [6.07, 6.45) is 8.49. The molecule has 0 aromatic rings. The number of carbonyl (C=O) groups is 1. The van der Waals surface area contributed by atoms with Gasteiger partial charge in [0.2, 0.25) is 0 Å². The molecular weight excluding hydrogens is 196 g/mol. The smallest absolute Gasteiger partial charge is 0.157 e. The zero-order chi connectivity index (χ0) is 12.3. The normalized spacial score (nSPS) is 29.2. The minimum Gasteiger partial charge on any atom is -0.295 e. The lowest BCUT2D eigenvalue weighted by Crippen LogP contribution is -2.29. The van der Waals surface area contributed by atoms with Gasteiger partial charge in [0, 0.05) is 6.42 Å². The number of hydrogen-bond donors (Lipinski definition) is 0. The van der Waals surface area contributed by atoms with Gasteiger partial charge in [-0.15, -0.1) is 0 Å². The molecule has 0 heterocycles. The molecule has 1 nitrogen and oxygen atoms in total. The minimum atomic E-state index is 0.174. The van der Waals surface area contributed by atoms with Gasteiger partial charge in [0.15, 0.2) is 5.78 Å². The number of allylic oxidation sites excluding steroid dienone is 4. The van der Waals surface area contributed by atoms with Crippen LogP contribution in [0.5, 0.6) is 0 Å². The molecule has 0 saturated heterocycles. The van der Waals surface area contributed by atoms with Gasteiger partial charge in [0.25, 0.3) is 0 Å². The van der Waals surface area contributed by atoms with Gasteiger partial charge < -0.3 is 0 Å². The highest BCUT2D eigenvalue weighted by atomic mass is 16.1. The predicted octanol–water partition coefficient (Wildman–Crippen LogP) is 4.15. The van der Waals surface area contributed by atoms with E-state index in [0.29, 0.717) is 18.3 Å². The monoisotopic (exact) mass is 220 g/mol. The molecule has 0 bridgehead atoms. The van der Waals surface area contributed by atoms with Gasteiger partial charge >= 0.3 is 0 Å². The van der Waals surface area contributed by atoms with Crippen molar-refractivity contribution in [3.63, 3.8) is 0 Å². The molecule has 0 aliphatic heterocycles. The van der Waals surface area contributed by atoms with Crippen LogP contribution < -0.4 is 0 Å². The summed E-state index contributed by atoms with van der Waals surface area (Å²) in [4.78, 5) is 11.6. The average Bonchev–Trinajstić information content (AvgIpc) is 2.21. The number of Topliss-reactive ketones (excluding diaryl/α,β-unsaturated/α-hetero) is 1. The van der Waals surface area contributed by atoms with Crippen LogP contribution in [0.4, 0.5) is 0 Å². The van der Waals surface area contributed by atoms with E-state index in [4.69, 9.17) is 0 Å². The summed E-state index contributed by atoms with van der Waals surface area (Å²) in [5.74, 6) is 1.38. The van der Waals surface area contributed by atoms with Crippen molar-refractivity contribution in [2.75, 3.05) is 0 Å². The van der Waals surface area contributed by atoms with Gasteiger partial charge in [-0.05, 0) is 36.2 Å². The Kier molecular flexibility index (Phi) is 4.12. The maximum absolute atomic E-state index is 11.6. The molecule has 1 aliphatic carbocycles. The Balaban J connectivity index is 2.94. The summed E-state index contributed by atoms with van der Waals surface area (Å²) >= 11 is 0. The third-order valence-corrected chi connectivity index (χ3v) is 3.72. The number of rotatable bonds is 3. The predicted molar refractivity (Wildman–Crippen MR) is 69.2 cm³/mol. The molecule has 2 unspecified atom stereocenters. The van der Waals surface area contributed by atoms with Crippen LogP contribution in [0.1, 0.15) is 47.5 Å². The van der Waals surface area contributed by atoms with Crippen LogP contribution in [0.25, 0.3) is 0 Å². The lowest BCUT2D eigenvalue weighted by atomic mass is 9.67. The third-order valence-electron chi connectivity index (χ3n) is 3.72. The molecular formula is C15H24O. The third kappa shape index (κ3) is 2.84. The molecule has 0 spiro atoms. The summed E-state index contributed by atoms with van der Waals surface area (Å²) in [7, 11) is 0. The molecule has 0 aromatic heterocycles. The van der Waals surface area contributed by atoms with Crippen molar-refractivity contribution >= 4 is 5.78 Å². The van der Waals surface area contributed by atoms with Gasteiger partial charge in [-0.25, -0.2) is 0 Å². The highest BCUT2D eigenvalue weighted by Crippen LogP contribution is 2.41. The van der Waals surface area contributed by atoms with Crippen LogP contribution in [-0.4, -0.2) is 5.78 Å². The van der Waals surface area contributed by atoms with E-state index in [2.05, 4.69) is 39.0 Å². The Hall–Kier alpha value is -0.850. The fourth-order valence-corrected chi connectivity index (χ4v) is 2.60. The number of ketones is 1. The maximum Gasteiger partial charge on any atom is 0.157 e. The topological polar surface area (TPSA) is 17.1 Å². The van der Waals surface area contributed by atoms with Crippen molar-refractivity contribution in [3.05, 3.63) is 23.8 Å². The van der Waals surface area contributed by atoms with E-state index in [1.807, 2.05) is 13.8 Å². The Bertz CT molecular complexity index is 320. The summed E-state index contributed by atoms with van der Waals surface area (Å²) in [6, 6.07) is 0. The van der Waals surface area contributed by atoms with Crippen molar-refractivity contribution in [1.82, 2.24) is 0 Å². The first kappa shape index (κ1) is 13.2. The fourth-order valence-electron chi connectivity index (χ4n) is 2.60. The molecule has 1 rings (SSSR count). The Morgan fingerprint density at radius 1 is 1.50 bits per heavy atom. The van der Waals surface area contributed by atoms with Gasteiger partial charge in [0.05, 0.1) is 0 Å². The average molecular weight is 220 g/mol. The second-order valence-electron chi connectivity index (χ2n) is 5.59. The van der Waals surface area contributed by atoms with Crippen molar-refractivity contribution in [2.45, 2.75) is 47.5 Å². The quantitative estimate of drug-likeness (QED) is 0.516. The molecule has 2 atom stereocenters. The summed E-state index contributed by atoms with van der Waals surface area (Å²) in [5.41, 5.74) is 1.11. The lowest BCUT2D eigenvalue weighted by molar-refractivity contribution is -0.115. The standard InChI is InChI=1S/C15H24O/c1-6-14(16)12(3)10-13-11(2)8-7-9-15(13,4)5/h7,9-11,13H,6,8H2,1-5H3/b12-10-. The molecule has 0 aromatic carbocycles. The largest absolute Gasteiger partial charge is 0.295 e. The lowest BCUT2D eigenvalue weighted by Gasteiger charge is -2.37. The Morgan fingerprint density at radius 2 is 2.12 bits per heavy atom. The van der Waals surface area contributed by atoms with Crippen LogP contribution in [0.2, 0.25) is 0 Å². The van der Waals surface area contributed by atoms with E-state index in [9.17, 15) is 4.79 Å². The first-order chi connectivity index (χ1) is 7.38. The van der Waals surface area contributed by atoms with Gasteiger partial charge in [0.1, 0.15) is 0 Å². The molecule has 0 fully saturated rings. The Labute approximate surface area is 99.6 Å². The highest BCUT2D eigenvalue weighted by Gasteiger charge is 2.32. The molecule has 16 heavy (non-hydrogen) atoms. The van der Waals surface area contributed by atoms with Crippen molar-refractivity contribution < 1.29 is 4.79 Å². The molecule has 90 valence electrons. The van der Waals surface area contributed by atoms with E-state index in [1.54, 1.807) is 0 Å². The minimum absolute atomic E-state index is 0.174. The van der Waals surface area contributed by atoms with Crippen LogP contribution in [0.3, 0.4) is 0 Å². The van der Waals surface area contributed by atoms with E-state index >= 15 is 0 Å². The Morgan fingerprint density at radius 3 is 2.62 bits per heavy atom. The van der Waals surface area contributed by atoms with E-state index in [-0.39, 0.29) is 11.2 Å². The van der Waals surface area contributed by atoms with Gasteiger partial charge in [-0.3, -0.25) is 4.79 Å². The van der Waals surface area contributed by atoms with Crippen LogP contribution in [0, 0.1) is 17.3 Å². The van der Waals surface area contributed by atoms with Gasteiger partial charge in [-0.1, -0.05) is 45.9 Å². The molecule has 0 amide bonds. The van der Waals surface area contributed by atoms with Crippen molar-refractivity contribution in [3.8, 4) is 0 Å². The SMILES string of the molecule is CCC(=O)/C(C)=C\C1C(C)CC=CC1(C)C. The zero-order valence-electron chi connectivity index (χ0n) is 11.2. The van der Waals surface area contributed by atoms with E-state index in [1.165, 1.54) is 0 Å². The zero-order valence-corrected chi connectivity index (χ0v) is 11.2. The van der Waals surface area contributed by atoms with Gasteiger partial charge in [-0.2, -0.15) is 0 Å². The second-order valence-corrected chi connectivity index (χ2v) is 5.59. The molecule has 1 aliphatic rings. The van der Waals surface area contributed by atoms with E-state index < -0.39 is 0 Å². The van der Waals surface area contributed by atoms with Crippen molar-refractivity contribution in [2.24, 2.45) is 17.3 Å². The highest BCUT2D eigenvalue weighted by molar-refractivity contribution is 5.94. The fraction of sp³-hybridized carbons (Fsp3) is 0.667. The molecule has 1 heteroatoms. The first-order valence-corrected chi connectivity index (χ1v) is 6.27. The number of carbonyl (C=O) groups excluding carboxylic acids is 1. The molecule has 0 N–H and O–H groups in total. The summed E-state index contributed by atoms with van der Waals surface area (Å²) < 4.78 is 0. The van der Waals surface area contributed by atoms with Crippen LogP contribution in [-0.2, 0) is 4.79 Å². The maximum atomic E-state index is 11.6. The van der Waals surface area contributed by atoms with Crippen LogP contribution in [0.15, 0.2) is 23.8 Å². The van der Waals surface area contributed by atoms with Crippen molar-refractivity contribution in [1.29, 1.82) is 0 Å². The second kappa shape index (κ2) is 4.99. The first-order valence-electron chi connectivity index (χ1n) is 6.27. The van der Waals surface area contributed by atoms with E-state index in [0.717, 1.165) is 12.0 Å². The number of hydrogen-bond acceptors (Lipinski definition) is 1.